The molecular formula is C4H9N7O2. The van der Waals surface area contributed by atoms with Crippen LogP contribution in [0.2, 0.25) is 0 Å². The monoisotopic (exact) mass is 187 g/mol. The number of nitrogens with zero attached hydrogens (tertiary/aromatic N) is 2. The SMILES string of the molecule is N=C(N)N(C(N)=O)C(=O)N=C(N)N. The molecule has 0 spiro atoms. The number of carbonyl (C=O) groups is 2. The lowest BCUT2D eigenvalue weighted by Gasteiger charge is -2.12. The Morgan fingerprint density at radius 1 is 1.15 bits per heavy atom. The average molecular weight is 187 g/mol. The molecule has 9 N–H and O–H groups in total. The van der Waals surface area contributed by atoms with Crippen molar-refractivity contribution in [2.24, 2.45) is 27.9 Å². The quantitative estimate of drug-likeness (QED) is 0.210. The lowest BCUT2D eigenvalue weighted by Crippen LogP contribution is -2.47. The largest absolute Gasteiger partial charge is 0.370 e. The van der Waals surface area contributed by atoms with Crippen LogP contribution < -0.4 is 22.9 Å². The first-order valence-corrected chi connectivity index (χ1v) is 2.93. The van der Waals surface area contributed by atoms with Gasteiger partial charge in [0.1, 0.15) is 0 Å². The van der Waals surface area contributed by atoms with Crippen LogP contribution in [0.3, 0.4) is 0 Å². The molecule has 0 saturated carbocycles. The molecule has 0 aromatic rings. The second-order valence-corrected chi connectivity index (χ2v) is 1.88. The van der Waals surface area contributed by atoms with E-state index in [1.54, 1.807) is 0 Å². The van der Waals surface area contributed by atoms with E-state index in [0.717, 1.165) is 0 Å². The van der Waals surface area contributed by atoms with Crippen molar-refractivity contribution in [1.29, 1.82) is 5.41 Å². The number of primary amides is 1. The number of hydrogen-bond donors (Lipinski definition) is 5. The van der Waals surface area contributed by atoms with Gasteiger partial charge in [-0.15, -0.1) is 0 Å². The number of nitrogens with two attached hydrogens (primary N) is 4. The summed E-state index contributed by atoms with van der Waals surface area (Å²) in [5.41, 5.74) is 19.3. The Morgan fingerprint density at radius 3 is 1.85 bits per heavy atom. The molecule has 0 radical (unpaired) electrons. The lowest BCUT2D eigenvalue weighted by molar-refractivity contribution is 0.215. The second kappa shape index (κ2) is 3.90. The highest BCUT2D eigenvalue weighted by Crippen LogP contribution is 1.91. The first kappa shape index (κ1) is 10.7. The maximum absolute atomic E-state index is 10.9. The Labute approximate surface area is 72.9 Å². The van der Waals surface area contributed by atoms with Crippen LogP contribution in [0.15, 0.2) is 4.99 Å². The normalized spacial score (nSPS) is 8.62. The summed E-state index contributed by atoms with van der Waals surface area (Å²) in [6, 6.07) is -2.44. The minimum Gasteiger partial charge on any atom is -0.370 e. The number of hydrogen-bond acceptors (Lipinski definition) is 3. The molecule has 0 aliphatic heterocycles. The molecular weight excluding hydrogens is 178 g/mol. The van der Waals surface area contributed by atoms with Crippen LogP contribution in [0.1, 0.15) is 0 Å². The Balaban J connectivity index is 4.78. The highest BCUT2D eigenvalue weighted by Gasteiger charge is 2.21. The Bertz CT molecular complexity index is 264. The molecule has 9 heteroatoms. The van der Waals surface area contributed by atoms with Gasteiger partial charge in [0.25, 0.3) is 0 Å². The summed E-state index contributed by atoms with van der Waals surface area (Å²) in [6.45, 7) is 0. The molecule has 72 valence electrons. The molecule has 0 aromatic heterocycles. The second-order valence-electron chi connectivity index (χ2n) is 1.88. The summed E-state index contributed by atoms with van der Waals surface area (Å²) in [5.74, 6) is -1.42. The predicted octanol–water partition coefficient (Wildman–Crippen LogP) is -2.35. The van der Waals surface area contributed by atoms with Gasteiger partial charge in [-0.2, -0.15) is 9.89 Å². The van der Waals surface area contributed by atoms with Crippen LogP contribution in [0.25, 0.3) is 0 Å². The maximum atomic E-state index is 10.9. The molecule has 0 rings (SSSR count). The zero-order valence-corrected chi connectivity index (χ0v) is 6.52. The third-order valence-corrected chi connectivity index (χ3v) is 0.877. The van der Waals surface area contributed by atoms with Crippen molar-refractivity contribution < 1.29 is 9.59 Å². The van der Waals surface area contributed by atoms with Crippen molar-refractivity contribution in [3.05, 3.63) is 0 Å². The fraction of sp³-hybridized carbons (Fsp3) is 0. The summed E-state index contributed by atoms with van der Waals surface area (Å²) < 4.78 is 0. The fourth-order valence-corrected chi connectivity index (χ4v) is 0.476. The van der Waals surface area contributed by atoms with E-state index >= 15 is 0 Å². The van der Waals surface area contributed by atoms with Crippen LogP contribution in [0.4, 0.5) is 9.59 Å². The van der Waals surface area contributed by atoms with Crippen LogP contribution in [0.5, 0.6) is 0 Å². The van der Waals surface area contributed by atoms with Crippen molar-refractivity contribution in [3.63, 3.8) is 0 Å². The van der Waals surface area contributed by atoms with E-state index in [-0.39, 0.29) is 4.90 Å². The molecule has 9 nitrogen and oxygen atoms in total. The zero-order valence-electron chi connectivity index (χ0n) is 6.52. The first-order valence-electron chi connectivity index (χ1n) is 2.93. The maximum Gasteiger partial charge on any atom is 0.361 e. The van der Waals surface area contributed by atoms with Gasteiger partial charge < -0.3 is 22.9 Å². The highest BCUT2D eigenvalue weighted by molar-refractivity contribution is 6.11. The van der Waals surface area contributed by atoms with Crippen molar-refractivity contribution in [3.8, 4) is 0 Å². The van der Waals surface area contributed by atoms with Gasteiger partial charge >= 0.3 is 12.1 Å². The van der Waals surface area contributed by atoms with Gasteiger partial charge in [-0.1, -0.05) is 0 Å². The van der Waals surface area contributed by atoms with E-state index in [1.807, 2.05) is 0 Å². The van der Waals surface area contributed by atoms with E-state index < -0.39 is 24.0 Å². The van der Waals surface area contributed by atoms with Gasteiger partial charge in [-0.05, 0) is 0 Å². The standard InChI is InChI=1S/C4H9N7O2/c5-1(6)10-4(13)11(2(7)8)3(9)12/h(H3,7,8)(H2,9,12)(H4,5,6,10,13). The summed E-state index contributed by atoms with van der Waals surface area (Å²) in [7, 11) is 0. The Kier molecular flexibility index (Phi) is 3.20. The molecule has 0 aromatic carbocycles. The van der Waals surface area contributed by atoms with Crippen LogP contribution in [-0.2, 0) is 0 Å². The molecule has 0 bridgehead atoms. The number of urea groups is 2. The van der Waals surface area contributed by atoms with E-state index in [9.17, 15) is 9.59 Å². The van der Waals surface area contributed by atoms with Crippen molar-refractivity contribution in [2.75, 3.05) is 0 Å². The zero-order chi connectivity index (χ0) is 10.6. The first-order chi connectivity index (χ1) is 5.86. The average Bonchev–Trinajstić information content (AvgIpc) is 1.81. The number of rotatable bonds is 0. The van der Waals surface area contributed by atoms with Crippen molar-refractivity contribution >= 4 is 24.0 Å². The molecule has 0 heterocycles. The number of amides is 4. The van der Waals surface area contributed by atoms with Crippen LogP contribution >= 0.6 is 0 Å². The van der Waals surface area contributed by atoms with Gasteiger partial charge in [0.15, 0.2) is 5.96 Å². The van der Waals surface area contributed by atoms with Gasteiger partial charge in [-0.25, -0.2) is 9.59 Å². The number of guanidine groups is 2. The smallest absolute Gasteiger partial charge is 0.361 e. The topological polar surface area (TPSA) is 178 Å². The number of carbonyl (C=O) groups excluding carboxylic acids is 2. The Hall–Kier alpha value is -2.32. The lowest BCUT2D eigenvalue weighted by atomic mass is 10.7. The van der Waals surface area contributed by atoms with Gasteiger partial charge in [-0.3, -0.25) is 5.41 Å². The fourth-order valence-electron chi connectivity index (χ4n) is 0.476. The molecule has 0 atom stereocenters. The van der Waals surface area contributed by atoms with E-state index in [4.69, 9.17) is 28.3 Å². The van der Waals surface area contributed by atoms with Crippen molar-refractivity contribution in [1.82, 2.24) is 4.90 Å². The third kappa shape index (κ3) is 3.05. The Morgan fingerprint density at radius 2 is 1.62 bits per heavy atom. The number of nitrogens with one attached hydrogen (secondary N) is 1. The minimum absolute atomic E-state index is 0.111. The molecule has 4 amide bonds. The summed E-state index contributed by atoms with van der Waals surface area (Å²) >= 11 is 0. The summed E-state index contributed by atoms with van der Waals surface area (Å²) in [5, 5.41) is 6.79. The van der Waals surface area contributed by atoms with E-state index in [1.165, 1.54) is 0 Å². The number of imide groups is 1. The summed E-state index contributed by atoms with van der Waals surface area (Å²) in [4.78, 5) is 24.5. The van der Waals surface area contributed by atoms with E-state index in [2.05, 4.69) is 4.99 Å². The van der Waals surface area contributed by atoms with Crippen molar-refractivity contribution in [2.45, 2.75) is 0 Å². The van der Waals surface area contributed by atoms with E-state index in [0.29, 0.717) is 0 Å². The molecule has 13 heavy (non-hydrogen) atoms. The minimum atomic E-state index is -1.23. The van der Waals surface area contributed by atoms with Gasteiger partial charge in [0.2, 0.25) is 5.96 Å². The molecule has 0 fully saturated rings. The van der Waals surface area contributed by atoms with Gasteiger partial charge in [0.05, 0.1) is 0 Å². The molecule has 0 aliphatic carbocycles. The van der Waals surface area contributed by atoms with Gasteiger partial charge in [0, 0.05) is 0 Å². The highest BCUT2D eigenvalue weighted by atomic mass is 16.2. The third-order valence-electron chi connectivity index (χ3n) is 0.877. The number of aliphatic imine (C=N–C) groups is 1. The molecule has 0 aliphatic rings. The predicted molar refractivity (Wildman–Crippen MR) is 44.5 cm³/mol. The van der Waals surface area contributed by atoms with Crippen LogP contribution in [0, 0.1) is 5.41 Å². The molecule has 0 saturated heterocycles. The molecule has 0 unspecified atom stereocenters. The summed E-state index contributed by atoms with van der Waals surface area (Å²) in [6.07, 6.45) is 0. The van der Waals surface area contributed by atoms with Crippen LogP contribution in [-0.4, -0.2) is 28.9 Å².